The Hall–Kier alpha value is -0.550. The standard InChI is InChI=1S/C12H22N2/c1-9(2)11-6-4-5-7-12(11)14-10(3)8-13/h9-12,14H,4-7H2,1-3H3. The topological polar surface area (TPSA) is 35.8 Å². The molecule has 0 radical (unpaired) electrons. The van der Waals surface area contributed by atoms with E-state index >= 15 is 0 Å². The molecule has 3 atom stereocenters. The number of hydrogen-bond acceptors (Lipinski definition) is 2. The third kappa shape index (κ3) is 2.99. The van der Waals surface area contributed by atoms with Crippen LogP contribution in [-0.4, -0.2) is 12.1 Å². The van der Waals surface area contributed by atoms with Crippen molar-refractivity contribution in [2.75, 3.05) is 0 Å². The van der Waals surface area contributed by atoms with Crippen LogP contribution in [0.2, 0.25) is 0 Å². The predicted molar refractivity (Wildman–Crippen MR) is 58.8 cm³/mol. The molecule has 2 heteroatoms. The van der Waals surface area contributed by atoms with E-state index in [2.05, 4.69) is 25.2 Å². The number of rotatable bonds is 3. The lowest BCUT2D eigenvalue weighted by Gasteiger charge is -2.35. The van der Waals surface area contributed by atoms with Gasteiger partial charge in [-0.25, -0.2) is 0 Å². The van der Waals surface area contributed by atoms with Crippen LogP contribution in [0.15, 0.2) is 0 Å². The van der Waals surface area contributed by atoms with Gasteiger partial charge < -0.3 is 0 Å². The van der Waals surface area contributed by atoms with Gasteiger partial charge in [-0.1, -0.05) is 26.7 Å². The second-order valence-electron chi connectivity index (χ2n) is 4.82. The first kappa shape index (κ1) is 11.5. The van der Waals surface area contributed by atoms with Crippen LogP contribution in [0, 0.1) is 23.2 Å². The predicted octanol–water partition coefficient (Wildman–Crippen LogP) is 2.70. The van der Waals surface area contributed by atoms with Crippen molar-refractivity contribution in [3.8, 4) is 6.07 Å². The van der Waals surface area contributed by atoms with Crippen molar-refractivity contribution < 1.29 is 0 Å². The van der Waals surface area contributed by atoms with Gasteiger partial charge in [0.2, 0.25) is 0 Å². The molecule has 0 aliphatic heterocycles. The third-order valence-corrected chi connectivity index (χ3v) is 3.33. The molecule has 0 saturated heterocycles. The van der Waals surface area contributed by atoms with Crippen LogP contribution >= 0.6 is 0 Å². The minimum atomic E-state index is -0.000602. The molecule has 0 aromatic carbocycles. The van der Waals surface area contributed by atoms with Crippen LogP contribution in [0.5, 0.6) is 0 Å². The first-order chi connectivity index (χ1) is 6.65. The Kier molecular flexibility index (Phi) is 4.41. The Bertz CT molecular complexity index is 205. The summed E-state index contributed by atoms with van der Waals surface area (Å²) in [7, 11) is 0. The Labute approximate surface area is 87.7 Å². The second kappa shape index (κ2) is 5.36. The second-order valence-corrected chi connectivity index (χ2v) is 4.82. The molecule has 0 aromatic heterocycles. The molecule has 1 fully saturated rings. The van der Waals surface area contributed by atoms with Gasteiger partial charge in [0.25, 0.3) is 0 Å². The van der Waals surface area contributed by atoms with E-state index in [9.17, 15) is 0 Å². The lowest BCUT2D eigenvalue weighted by atomic mass is 9.77. The molecule has 0 amide bonds. The number of nitrogens with zero attached hydrogens (tertiary/aromatic N) is 1. The van der Waals surface area contributed by atoms with Crippen molar-refractivity contribution in [3.63, 3.8) is 0 Å². The summed E-state index contributed by atoms with van der Waals surface area (Å²) in [6, 6.07) is 2.83. The molecule has 0 spiro atoms. The maximum absolute atomic E-state index is 8.78. The molecule has 1 saturated carbocycles. The van der Waals surface area contributed by atoms with Gasteiger partial charge >= 0.3 is 0 Å². The van der Waals surface area contributed by atoms with Gasteiger partial charge in [-0.15, -0.1) is 0 Å². The molecule has 3 unspecified atom stereocenters. The third-order valence-electron chi connectivity index (χ3n) is 3.33. The minimum absolute atomic E-state index is 0.000602. The molecule has 1 rings (SSSR count). The normalized spacial score (nSPS) is 29.9. The lowest BCUT2D eigenvalue weighted by molar-refractivity contribution is 0.201. The zero-order valence-electron chi connectivity index (χ0n) is 9.59. The first-order valence-corrected chi connectivity index (χ1v) is 5.80. The van der Waals surface area contributed by atoms with Gasteiger partial charge in [0.1, 0.15) is 0 Å². The highest BCUT2D eigenvalue weighted by atomic mass is 15.0. The largest absolute Gasteiger partial charge is 0.299 e. The van der Waals surface area contributed by atoms with Crippen LogP contribution in [0.4, 0.5) is 0 Å². The van der Waals surface area contributed by atoms with Crippen LogP contribution < -0.4 is 5.32 Å². The molecule has 1 N–H and O–H groups in total. The van der Waals surface area contributed by atoms with E-state index in [0.29, 0.717) is 6.04 Å². The monoisotopic (exact) mass is 194 g/mol. The molecule has 80 valence electrons. The van der Waals surface area contributed by atoms with Crippen LogP contribution in [0.25, 0.3) is 0 Å². The summed E-state index contributed by atoms with van der Waals surface area (Å²) in [4.78, 5) is 0. The highest BCUT2D eigenvalue weighted by molar-refractivity contribution is 4.92. The minimum Gasteiger partial charge on any atom is -0.299 e. The molecule has 2 nitrogen and oxygen atoms in total. The van der Waals surface area contributed by atoms with E-state index < -0.39 is 0 Å². The summed E-state index contributed by atoms with van der Waals surface area (Å²) < 4.78 is 0. The van der Waals surface area contributed by atoms with Gasteiger partial charge in [0.15, 0.2) is 0 Å². The summed E-state index contributed by atoms with van der Waals surface area (Å²) in [6.45, 7) is 6.54. The molecule has 14 heavy (non-hydrogen) atoms. The highest BCUT2D eigenvalue weighted by Crippen LogP contribution is 2.30. The van der Waals surface area contributed by atoms with E-state index in [-0.39, 0.29) is 6.04 Å². The van der Waals surface area contributed by atoms with Crippen molar-refractivity contribution in [2.45, 2.75) is 58.5 Å². The Balaban J connectivity index is 2.50. The summed E-state index contributed by atoms with van der Waals surface area (Å²) in [5, 5.41) is 12.2. The van der Waals surface area contributed by atoms with E-state index in [1.54, 1.807) is 0 Å². The molecule has 0 aromatic rings. The summed E-state index contributed by atoms with van der Waals surface area (Å²) in [5.41, 5.74) is 0. The molecule has 0 heterocycles. The Morgan fingerprint density at radius 2 is 1.86 bits per heavy atom. The maximum Gasteiger partial charge on any atom is 0.0926 e. The van der Waals surface area contributed by atoms with E-state index in [1.807, 2.05) is 6.92 Å². The maximum atomic E-state index is 8.78. The lowest BCUT2D eigenvalue weighted by Crippen LogP contribution is -2.44. The van der Waals surface area contributed by atoms with Crippen molar-refractivity contribution in [3.05, 3.63) is 0 Å². The van der Waals surface area contributed by atoms with E-state index in [1.165, 1.54) is 25.7 Å². The average molecular weight is 194 g/mol. The number of nitrogens with one attached hydrogen (secondary N) is 1. The van der Waals surface area contributed by atoms with Crippen LogP contribution in [0.1, 0.15) is 46.5 Å². The van der Waals surface area contributed by atoms with Crippen molar-refractivity contribution in [2.24, 2.45) is 11.8 Å². The van der Waals surface area contributed by atoms with E-state index in [4.69, 9.17) is 5.26 Å². The van der Waals surface area contributed by atoms with Gasteiger partial charge in [-0.3, -0.25) is 5.32 Å². The van der Waals surface area contributed by atoms with Crippen LogP contribution in [-0.2, 0) is 0 Å². The SMILES string of the molecule is CC(C#N)NC1CCCCC1C(C)C. The zero-order valence-corrected chi connectivity index (χ0v) is 9.59. The van der Waals surface area contributed by atoms with Gasteiger partial charge in [-0.2, -0.15) is 5.26 Å². The molecule has 1 aliphatic rings. The quantitative estimate of drug-likeness (QED) is 0.750. The van der Waals surface area contributed by atoms with Crippen molar-refractivity contribution in [1.29, 1.82) is 5.26 Å². The van der Waals surface area contributed by atoms with Gasteiger partial charge in [0, 0.05) is 6.04 Å². The van der Waals surface area contributed by atoms with Crippen molar-refractivity contribution >= 4 is 0 Å². The fourth-order valence-electron chi connectivity index (χ4n) is 2.52. The molecule has 1 aliphatic carbocycles. The Morgan fingerprint density at radius 1 is 1.21 bits per heavy atom. The number of nitriles is 1. The van der Waals surface area contributed by atoms with Gasteiger partial charge in [0.05, 0.1) is 12.1 Å². The molecular weight excluding hydrogens is 172 g/mol. The van der Waals surface area contributed by atoms with Crippen molar-refractivity contribution in [1.82, 2.24) is 5.32 Å². The van der Waals surface area contributed by atoms with Crippen LogP contribution in [0.3, 0.4) is 0 Å². The molecular formula is C12H22N2. The fraction of sp³-hybridized carbons (Fsp3) is 0.917. The highest BCUT2D eigenvalue weighted by Gasteiger charge is 2.27. The molecule has 0 bridgehead atoms. The summed E-state index contributed by atoms with van der Waals surface area (Å²) >= 11 is 0. The average Bonchev–Trinajstić information content (AvgIpc) is 2.18. The Morgan fingerprint density at radius 3 is 2.43 bits per heavy atom. The first-order valence-electron chi connectivity index (χ1n) is 5.80. The number of hydrogen-bond donors (Lipinski definition) is 1. The van der Waals surface area contributed by atoms with Gasteiger partial charge in [-0.05, 0) is 31.6 Å². The smallest absolute Gasteiger partial charge is 0.0926 e. The van der Waals surface area contributed by atoms with E-state index in [0.717, 1.165) is 11.8 Å². The summed E-state index contributed by atoms with van der Waals surface area (Å²) in [5.74, 6) is 1.50. The summed E-state index contributed by atoms with van der Waals surface area (Å²) in [6.07, 6.45) is 5.25. The zero-order chi connectivity index (χ0) is 10.6. The fourth-order valence-corrected chi connectivity index (χ4v) is 2.52.